The van der Waals surface area contributed by atoms with E-state index in [0.717, 1.165) is 24.1 Å². The van der Waals surface area contributed by atoms with Gasteiger partial charge in [-0.05, 0) is 25.0 Å². The Morgan fingerprint density at radius 3 is 3.04 bits per heavy atom. The van der Waals surface area contributed by atoms with Gasteiger partial charge >= 0.3 is 0 Å². The van der Waals surface area contributed by atoms with Crippen molar-refractivity contribution in [2.75, 3.05) is 5.32 Å². The Morgan fingerprint density at radius 2 is 2.17 bits per heavy atom. The molecule has 1 aliphatic carbocycles. The lowest BCUT2D eigenvalue weighted by molar-refractivity contribution is -0.118. The third-order valence-electron chi connectivity index (χ3n) is 4.90. The van der Waals surface area contributed by atoms with Crippen molar-refractivity contribution in [3.05, 3.63) is 29.9 Å². The predicted molar refractivity (Wildman–Crippen MR) is 94.4 cm³/mol. The van der Waals surface area contributed by atoms with Crippen molar-refractivity contribution >= 4 is 22.4 Å². The summed E-state index contributed by atoms with van der Waals surface area (Å²) in [6.45, 7) is 0. The first-order valence-corrected chi connectivity index (χ1v) is 9.37. The monoisotopic (exact) mass is 343 g/mol. The van der Waals surface area contributed by atoms with Crippen molar-refractivity contribution in [1.29, 1.82) is 0 Å². The van der Waals surface area contributed by atoms with E-state index in [4.69, 9.17) is 0 Å². The zero-order valence-corrected chi connectivity index (χ0v) is 14.2. The fraction of sp³-hybridized carbons (Fsp3) is 0.471. The number of fused-ring (bicyclic) bond motifs is 1. The molecule has 3 N–H and O–H groups in total. The maximum atomic E-state index is 12.7. The molecule has 24 heavy (non-hydrogen) atoms. The number of rotatable bonds is 3. The minimum atomic E-state index is -0.182. The van der Waals surface area contributed by atoms with Crippen LogP contribution in [0.5, 0.6) is 0 Å². The molecule has 1 saturated carbocycles. The highest BCUT2D eigenvalue weighted by molar-refractivity contribution is 7.14. The summed E-state index contributed by atoms with van der Waals surface area (Å²) in [5.74, 6) is 0.370. The molecule has 1 aliphatic heterocycles. The zero-order valence-electron chi connectivity index (χ0n) is 13.4. The number of carbonyl (C=O) groups excluding carboxylic acids is 1. The van der Waals surface area contributed by atoms with Gasteiger partial charge in [-0.2, -0.15) is 0 Å². The van der Waals surface area contributed by atoms with E-state index >= 15 is 0 Å². The number of thiazole rings is 1. The van der Waals surface area contributed by atoms with Crippen LogP contribution in [0.1, 0.15) is 32.1 Å². The molecular formula is C17H21N5OS. The lowest BCUT2D eigenvalue weighted by Gasteiger charge is -2.19. The van der Waals surface area contributed by atoms with Crippen molar-refractivity contribution < 1.29 is 4.79 Å². The first-order valence-electron chi connectivity index (χ1n) is 8.49. The van der Waals surface area contributed by atoms with Crippen molar-refractivity contribution in [1.82, 2.24) is 20.8 Å². The molecule has 6 nitrogen and oxygen atoms in total. The van der Waals surface area contributed by atoms with Gasteiger partial charge in [0, 0.05) is 35.3 Å². The zero-order chi connectivity index (χ0) is 16.4. The average Bonchev–Trinajstić information content (AvgIpc) is 3.17. The minimum absolute atomic E-state index is 0.00369. The summed E-state index contributed by atoms with van der Waals surface area (Å²) in [6, 6.07) is 4.07. The molecule has 126 valence electrons. The molecule has 3 heterocycles. The van der Waals surface area contributed by atoms with E-state index in [1.54, 1.807) is 12.4 Å². The minimum Gasteiger partial charge on any atom is -0.301 e. The maximum absolute atomic E-state index is 12.7. The van der Waals surface area contributed by atoms with Crippen LogP contribution in [-0.2, 0) is 4.79 Å². The molecule has 4 rings (SSSR count). The number of amides is 1. The summed E-state index contributed by atoms with van der Waals surface area (Å²) in [5, 5.41) is 5.56. The number of anilines is 1. The molecule has 0 spiro atoms. The van der Waals surface area contributed by atoms with Crippen molar-refractivity contribution in [3.8, 4) is 11.3 Å². The van der Waals surface area contributed by atoms with E-state index in [-0.39, 0.29) is 11.9 Å². The highest BCUT2D eigenvalue weighted by Crippen LogP contribution is 2.30. The standard InChI is InChI=1S/C17H21N5OS/c23-16(15-12-6-2-1-3-7-13(12)21-22-15)20-17-19-14(10-24-17)11-5-4-8-18-9-11/h4-5,8-10,12-13,15,21-22H,1-3,6-7H2,(H,19,20,23). The van der Waals surface area contributed by atoms with Crippen LogP contribution < -0.4 is 16.2 Å². The number of aromatic nitrogens is 2. The van der Waals surface area contributed by atoms with Gasteiger partial charge in [-0.3, -0.25) is 15.2 Å². The number of pyridine rings is 1. The van der Waals surface area contributed by atoms with Gasteiger partial charge in [-0.1, -0.05) is 19.3 Å². The van der Waals surface area contributed by atoms with Crippen LogP contribution in [-0.4, -0.2) is 28.0 Å². The third-order valence-corrected chi connectivity index (χ3v) is 5.65. The number of hydrogen-bond donors (Lipinski definition) is 3. The number of hydrazine groups is 1. The van der Waals surface area contributed by atoms with Crippen LogP contribution in [0, 0.1) is 5.92 Å². The van der Waals surface area contributed by atoms with Crippen LogP contribution in [0.25, 0.3) is 11.3 Å². The third kappa shape index (κ3) is 3.19. The molecule has 2 fully saturated rings. The molecule has 7 heteroatoms. The Morgan fingerprint density at radius 1 is 1.25 bits per heavy atom. The molecule has 3 atom stereocenters. The summed E-state index contributed by atoms with van der Waals surface area (Å²) >= 11 is 1.45. The predicted octanol–water partition coefficient (Wildman–Crippen LogP) is 2.57. The van der Waals surface area contributed by atoms with Gasteiger partial charge in [0.25, 0.3) is 0 Å². The van der Waals surface area contributed by atoms with Gasteiger partial charge < -0.3 is 5.32 Å². The highest BCUT2D eigenvalue weighted by Gasteiger charge is 2.40. The number of hydrogen-bond acceptors (Lipinski definition) is 6. The summed E-state index contributed by atoms with van der Waals surface area (Å²) in [5.41, 5.74) is 8.30. The second kappa shape index (κ2) is 6.96. The van der Waals surface area contributed by atoms with E-state index in [1.165, 1.54) is 30.6 Å². The number of nitrogens with one attached hydrogen (secondary N) is 3. The maximum Gasteiger partial charge on any atom is 0.244 e. The normalized spacial score (nSPS) is 26.6. The molecule has 1 amide bonds. The van der Waals surface area contributed by atoms with E-state index in [2.05, 4.69) is 26.1 Å². The SMILES string of the molecule is O=C(Nc1nc(-c2cccnc2)cs1)C1NNC2CCCCCC21. The van der Waals surface area contributed by atoms with Gasteiger partial charge in [0.1, 0.15) is 6.04 Å². The quantitative estimate of drug-likeness (QED) is 0.798. The Kier molecular flexibility index (Phi) is 4.55. The summed E-state index contributed by atoms with van der Waals surface area (Å²) in [6.07, 6.45) is 9.47. The molecule has 2 aromatic heterocycles. The molecule has 2 aliphatic rings. The van der Waals surface area contributed by atoms with Crippen LogP contribution in [0.2, 0.25) is 0 Å². The molecule has 0 radical (unpaired) electrons. The van der Waals surface area contributed by atoms with E-state index < -0.39 is 0 Å². The molecule has 0 aromatic carbocycles. The lowest BCUT2D eigenvalue weighted by Crippen LogP contribution is -2.42. The fourth-order valence-electron chi connectivity index (χ4n) is 3.64. The first-order chi connectivity index (χ1) is 11.8. The smallest absolute Gasteiger partial charge is 0.244 e. The van der Waals surface area contributed by atoms with Gasteiger partial charge in [0.2, 0.25) is 5.91 Å². The fourth-order valence-corrected chi connectivity index (χ4v) is 4.36. The van der Waals surface area contributed by atoms with Crippen molar-refractivity contribution in [3.63, 3.8) is 0 Å². The molecule has 0 bridgehead atoms. The van der Waals surface area contributed by atoms with Crippen molar-refractivity contribution in [2.45, 2.75) is 44.2 Å². The van der Waals surface area contributed by atoms with Crippen LogP contribution in [0.15, 0.2) is 29.9 Å². The second-order valence-electron chi connectivity index (χ2n) is 6.44. The summed E-state index contributed by atoms with van der Waals surface area (Å²) < 4.78 is 0. The summed E-state index contributed by atoms with van der Waals surface area (Å²) in [4.78, 5) is 21.3. The van der Waals surface area contributed by atoms with E-state index in [9.17, 15) is 4.79 Å². The average molecular weight is 343 g/mol. The Hall–Kier alpha value is -1.83. The van der Waals surface area contributed by atoms with Gasteiger partial charge in [0.05, 0.1) is 5.69 Å². The topological polar surface area (TPSA) is 78.9 Å². The highest BCUT2D eigenvalue weighted by atomic mass is 32.1. The lowest BCUT2D eigenvalue weighted by atomic mass is 9.90. The second-order valence-corrected chi connectivity index (χ2v) is 7.30. The van der Waals surface area contributed by atoms with E-state index in [0.29, 0.717) is 17.1 Å². The van der Waals surface area contributed by atoms with Crippen LogP contribution in [0.4, 0.5) is 5.13 Å². The molecule has 1 saturated heterocycles. The number of nitrogens with zero attached hydrogens (tertiary/aromatic N) is 2. The van der Waals surface area contributed by atoms with Gasteiger partial charge in [-0.25, -0.2) is 10.4 Å². The number of carbonyl (C=O) groups is 1. The molecule has 3 unspecified atom stereocenters. The van der Waals surface area contributed by atoms with Crippen molar-refractivity contribution in [2.24, 2.45) is 5.92 Å². The van der Waals surface area contributed by atoms with Crippen LogP contribution in [0.3, 0.4) is 0 Å². The van der Waals surface area contributed by atoms with Gasteiger partial charge in [-0.15, -0.1) is 11.3 Å². The van der Waals surface area contributed by atoms with E-state index in [1.807, 2.05) is 17.5 Å². The summed E-state index contributed by atoms with van der Waals surface area (Å²) in [7, 11) is 0. The molecular weight excluding hydrogens is 322 g/mol. The first kappa shape index (κ1) is 15.7. The Bertz CT molecular complexity index is 704. The largest absolute Gasteiger partial charge is 0.301 e. The van der Waals surface area contributed by atoms with Crippen LogP contribution >= 0.6 is 11.3 Å². The Labute approximate surface area is 145 Å². The molecule has 2 aromatic rings. The van der Waals surface area contributed by atoms with Gasteiger partial charge in [0.15, 0.2) is 5.13 Å². The Balaban J connectivity index is 1.44.